The molecule has 3 N–H and O–H groups in total. The minimum absolute atomic E-state index is 0.138. The van der Waals surface area contributed by atoms with Crippen LogP contribution in [0.3, 0.4) is 0 Å². The van der Waals surface area contributed by atoms with Crippen molar-refractivity contribution in [1.82, 2.24) is 0 Å². The van der Waals surface area contributed by atoms with Crippen LogP contribution in [0.1, 0.15) is 155 Å². The van der Waals surface area contributed by atoms with E-state index in [0.29, 0.717) is 12.8 Å². The van der Waals surface area contributed by atoms with Gasteiger partial charge in [-0.1, -0.05) is 132 Å². The molecule has 10 nitrogen and oxygen atoms in total. The first kappa shape index (κ1) is 52.4. The highest BCUT2D eigenvalue weighted by Crippen LogP contribution is 2.43. The average molecular weight is 795 g/mol. The van der Waals surface area contributed by atoms with Gasteiger partial charge in [0.05, 0.1) is 19.8 Å². The smallest absolute Gasteiger partial charge is 0.462 e. The largest absolute Gasteiger partial charge is 0.472 e. The fraction of sp³-hybridized carbons (Fsp3) is 0.682. The number of esters is 2. The molecule has 0 aliphatic carbocycles. The first-order valence-electron chi connectivity index (χ1n) is 20.9. The molecule has 0 aromatic rings. The third kappa shape index (κ3) is 39.4. The van der Waals surface area contributed by atoms with Crippen LogP contribution in [0.15, 0.2) is 72.9 Å². The molecular formula is C44H75O10P. The van der Waals surface area contributed by atoms with Gasteiger partial charge < -0.3 is 24.6 Å². The van der Waals surface area contributed by atoms with Crippen LogP contribution >= 0.6 is 7.82 Å². The van der Waals surface area contributed by atoms with E-state index < -0.39 is 51.8 Å². The fourth-order valence-corrected chi connectivity index (χ4v) is 5.92. The number of ether oxygens (including phenoxy) is 2. The SMILES string of the molecule is CC/C=C/C/C=C/C/C=C/C/C=C/C/C=C/CCCCCC(=O)O[C@H](COC(=O)CCCCC/C=C/CCCCCCCC)COP(=O)(O)OC[C@@H](O)CO. The molecule has 0 aliphatic rings. The molecule has 0 radical (unpaired) electrons. The highest BCUT2D eigenvalue weighted by molar-refractivity contribution is 7.47. The van der Waals surface area contributed by atoms with Crippen molar-refractivity contribution in [1.29, 1.82) is 0 Å². The number of hydrogen-bond acceptors (Lipinski definition) is 9. The molecule has 0 bridgehead atoms. The minimum atomic E-state index is -4.63. The zero-order valence-corrected chi connectivity index (χ0v) is 35.0. The Kier molecular flexibility index (Phi) is 37.8. The van der Waals surface area contributed by atoms with Gasteiger partial charge in [0, 0.05) is 12.8 Å². The van der Waals surface area contributed by atoms with E-state index in [-0.39, 0.29) is 19.4 Å². The Balaban J connectivity index is 4.42. The zero-order valence-electron chi connectivity index (χ0n) is 34.1. The van der Waals surface area contributed by atoms with E-state index in [9.17, 15) is 24.2 Å². The molecule has 0 aromatic heterocycles. The number of aliphatic hydroxyl groups is 2. The van der Waals surface area contributed by atoms with Crippen molar-refractivity contribution < 1.29 is 47.8 Å². The third-order valence-electron chi connectivity index (χ3n) is 8.34. The Hall–Kier alpha value is -2.59. The normalized spacial score (nSPS) is 14.6. The standard InChI is InChI=1S/C44H75O10P/c1-3-5-7-9-11-13-15-17-18-19-20-21-22-24-26-28-30-32-34-36-44(48)54-42(40-53-55(49,50)52-38-41(46)37-45)39-51-43(47)35-33-31-29-27-25-23-16-14-12-10-8-6-4-2/h5,7,11,13,17-18,20-21,23-26,41-42,45-46H,3-4,6,8-10,12,14-16,19,22,27-40H2,1-2H3,(H,49,50)/b7-5+,13-11+,18-17+,21-20+,25-23+,26-24+/t41-,42+/m0/s1. The Morgan fingerprint density at radius 3 is 1.53 bits per heavy atom. The number of allylic oxidation sites excluding steroid dienone is 12. The quantitative estimate of drug-likeness (QED) is 0.0239. The number of carbonyl (C=O) groups excluding carboxylic acids is 2. The third-order valence-corrected chi connectivity index (χ3v) is 9.30. The van der Waals surface area contributed by atoms with E-state index in [0.717, 1.165) is 77.0 Å². The Morgan fingerprint density at radius 1 is 0.564 bits per heavy atom. The first-order valence-corrected chi connectivity index (χ1v) is 22.4. The lowest BCUT2D eigenvalue weighted by Crippen LogP contribution is -2.29. The van der Waals surface area contributed by atoms with Crippen molar-refractivity contribution in [3.63, 3.8) is 0 Å². The summed E-state index contributed by atoms with van der Waals surface area (Å²) in [6.45, 7) is 2.18. The van der Waals surface area contributed by atoms with Crippen molar-refractivity contribution in [3.8, 4) is 0 Å². The molecule has 0 amide bonds. The summed E-state index contributed by atoms with van der Waals surface area (Å²) < 4.78 is 32.6. The summed E-state index contributed by atoms with van der Waals surface area (Å²) in [5.74, 6) is -0.988. The van der Waals surface area contributed by atoms with Gasteiger partial charge in [0.15, 0.2) is 6.10 Å². The second-order valence-corrected chi connectivity index (χ2v) is 15.1. The average Bonchev–Trinajstić information content (AvgIpc) is 3.17. The van der Waals surface area contributed by atoms with Gasteiger partial charge in [-0.05, 0) is 83.5 Å². The molecule has 0 spiro atoms. The summed E-state index contributed by atoms with van der Waals surface area (Å²) in [5, 5.41) is 18.3. The van der Waals surface area contributed by atoms with Crippen LogP contribution in [0, 0.1) is 0 Å². The van der Waals surface area contributed by atoms with Crippen LogP contribution in [0.5, 0.6) is 0 Å². The van der Waals surface area contributed by atoms with Crippen LogP contribution < -0.4 is 0 Å². The van der Waals surface area contributed by atoms with Crippen LogP contribution in [-0.2, 0) is 32.7 Å². The molecule has 11 heteroatoms. The lowest BCUT2D eigenvalue weighted by Gasteiger charge is -2.20. The number of rotatable bonds is 38. The zero-order chi connectivity index (χ0) is 40.5. The van der Waals surface area contributed by atoms with Crippen molar-refractivity contribution in [2.75, 3.05) is 26.4 Å². The van der Waals surface area contributed by atoms with Gasteiger partial charge in [-0.2, -0.15) is 0 Å². The molecule has 0 aromatic carbocycles. The topological polar surface area (TPSA) is 149 Å². The van der Waals surface area contributed by atoms with Gasteiger partial charge in [-0.25, -0.2) is 4.57 Å². The predicted molar refractivity (Wildman–Crippen MR) is 223 cm³/mol. The molecule has 0 heterocycles. The Bertz CT molecular complexity index is 1140. The number of phosphoric ester groups is 1. The summed E-state index contributed by atoms with van der Waals surface area (Å²) >= 11 is 0. The highest BCUT2D eigenvalue weighted by Gasteiger charge is 2.27. The minimum Gasteiger partial charge on any atom is -0.462 e. The summed E-state index contributed by atoms with van der Waals surface area (Å²) in [6, 6.07) is 0. The van der Waals surface area contributed by atoms with Gasteiger partial charge in [-0.3, -0.25) is 18.6 Å². The Morgan fingerprint density at radius 2 is 1.00 bits per heavy atom. The van der Waals surface area contributed by atoms with Crippen LogP contribution in [0.25, 0.3) is 0 Å². The van der Waals surface area contributed by atoms with Gasteiger partial charge in [-0.15, -0.1) is 0 Å². The van der Waals surface area contributed by atoms with Crippen molar-refractivity contribution in [2.24, 2.45) is 0 Å². The lowest BCUT2D eigenvalue weighted by molar-refractivity contribution is -0.161. The molecule has 0 aliphatic heterocycles. The van der Waals surface area contributed by atoms with Crippen LogP contribution in [0.4, 0.5) is 0 Å². The van der Waals surface area contributed by atoms with Crippen LogP contribution in [0.2, 0.25) is 0 Å². The molecular weight excluding hydrogens is 719 g/mol. The highest BCUT2D eigenvalue weighted by atomic mass is 31.2. The molecule has 316 valence electrons. The van der Waals surface area contributed by atoms with Gasteiger partial charge in [0.2, 0.25) is 0 Å². The van der Waals surface area contributed by atoms with E-state index in [1.54, 1.807) is 0 Å². The number of aliphatic hydroxyl groups excluding tert-OH is 2. The molecule has 0 saturated carbocycles. The van der Waals surface area contributed by atoms with E-state index in [4.69, 9.17) is 19.1 Å². The first-order chi connectivity index (χ1) is 26.7. The maximum absolute atomic E-state index is 12.6. The number of phosphoric acid groups is 1. The number of hydrogen-bond donors (Lipinski definition) is 3. The second kappa shape index (κ2) is 39.6. The molecule has 0 fully saturated rings. The van der Waals surface area contributed by atoms with E-state index >= 15 is 0 Å². The molecule has 1 unspecified atom stereocenters. The van der Waals surface area contributed by atoms with Crippen LogP contribution in [-0.4, -0.2) is 65.7 Å². The van der Waals surface area contributed by atoms with E-state index in [2.05, 4.69) is 91.3 Å². The van der Waals surface area contributed by atoms with E-state index in [1.807, 2.05) is 0 Å². The molecule has 0 rings (SSSR count). The molecule has 3 atom stereocenters. The maximum atomic E-state index is 12.6. The monoisotopic (exact) mass is 795 g/mol. The van der Waals surface area contributed by atoms with Gasteiger partial charge in [0.25, 0.3) is 0 Å². The predicted octanol–water partition coefficient (Wildman–Crippen LogP) is 10.9. The second-order valence-electron chi connectivity index (χ2n) is 13.6. The van der Waals surface area contributed by atoms with Gasteiger partial charge in [0.1, 0.15) is 12.7 Å². The summed E-state index contributed by atoms with van der Waals surface area (Å²) in [4.78, 5) is 34.9. The lowest BCUT2D eigenvalue weighted by atomic mass is 10.1. The number of carbonyl (C=O) groups is 2. The van der Waals surface area contributed by atoms with Crippen molar-refractivity contribution in [2.45, 2.75) is 167 Å². The number of unbranched alkanes of at least 4 members (excludes halogenated alkanes) is 12. The summed E-state index contributed by atoms with van der Waals surface area (Å²) in [7, 11) is -4.63. The fourth-order valence-electron chi connectivity index (χ4n) is 5.13. The summed E-state index contributed by atoms with van der Waals surface area (Å²) in [6.07, 6.45) is 44.4. The summed E-state index contributed by atoms with van der Waals surface area (Å²) in [5.41, 5.74) is 0. The maximum Gasteiger partial charge on any atom is 0.472 e. The molecule has 55 heavy (non-hydrogen) atoms. The van der Waals surface area contributed by atoms with Crippen molar-refractivity contribution >= 4 is 19.8 Å². The Labute approximate surface area is 333 Å². The molecule has 0 saturated heterocycles. The van der Waals surface area contributed by atoms with Crippen molar-refractivity contribution in [3.05, 3.63) is 72.9 Å². The van der Waals surface area contributed by atoms with Gasteiger partial charge >= 0.3 is 19.8 Å². The van der Waals surface area contributed by atoms with E-state index in [1.165, 1.54) is 38.5 Å².